The predicted molar refractivity (Wildman–Crippen MR) is 39.3 cm³/mol. The van der Waals surface area contributed by atoms with Crippen LogP contribution in [0.2, 0.25) is 0 Å². The Morgan fingerprint density at radius 3 is 1.78 bits per heavy atom. The van der Waals surface area contributed by atoms with Crippen LogP contribution >= 0.6 is 11.6 Å². The van der Waals surface area contributed by atoms with Gasteiger partial charge in [0.2, 0.25) is 5.75 Å². The highest BCUT2D eigenvalue weighted by Crippen LogP contribution is 1.96. The maximum atomic E-state index is 8.57. The van der Waals surface area contributed by atoms with E-state index in [4.69, 9.17) is 4.79 Å². The number of carbonyl (C=O) groups excluding carboxylic acids is 1. The number of halogens is 1. The van der Waals surface area contributed by atoms with Gasteiger partial charge in [0.05, 0.1) is 0 Å². The van der Waals surface area contributed by atoms with Gasteiger partial charge in [-0.05, 0) is 37.5 Å². The molecular weight excluding hydrogens is 138 g/mol. The third-order valence-corrected chi connectivity index (χ3v) is 1.21. The summed E-state index contributed by atoms with van der Waals surface area (Å²) in [5, 5.41) is 3.28. The number of hydrogen-bond donors (Lipinski definition) is 1. The number of carbonyl (C=O) groups is 1. The molecule has 9 heavy (non-hydrogen) atoms. The van der Waals surface area contributed by atoms with E-state index in [-0.39, 0.29) is 5.75 Å². The minimum absolute atomic E-state index is 0.222. The highest BCUT2D eigenvalue weighted by atomic mass is 35.5. The minimum atomic E-state index is 0.222. The second-order valence-electron chi connectivity index (χ2n) is 1.90. The summed E-state index contributed by atoms with van der Waals surface area (Å²) >= 11 is 4.32. The lowest BCUT2D eigenvalue weighted by molar-refractivity contribution is 0.520. The van der Waals surface area contributed by atoms with Gasteiger partial charge in [0.15, 0.2) is 0 Å². The van der Waals surface area contributed by atoms with Crippen molar-refractivity contribution in [3.63, 3.8) is 0 Å². The van der Waals surface area contributed by atoms with E-state index in [1.165, 1.54) is 32.4 Å². The second kappa shape index (κ2) is 7.92. The maximum absolute atomic E-state index is 8.57. The zero-order chi connectivity index (χ0) is 6.95. The first kappa shape index (κ1) is 8.92. The molecule has 0 aromatic heterocycles. The van der Waals surface area contributed by atoms with Crippen LogP contribution in [0.5, 0.6) is 0 Å². The summed E-state index contributed by atoms with van der Waals surface area (Å²) in [6.07, 6.45) is 4.22. The fourth-order valence-corrected chi connectivity index (χ4v) is 0.802. The highest BCUT2D eigenvalue weighted by molar-refractivity contribution is 6.54. The van der Waals surface area contributed by atoms with Crippen LogP contribution < -0.4 is 5.32 Å². The van der Waals surface area contributed by atoms with Crippen molar-refractivity contribution in [3.05, 3.63) is 0 Å². The molecule has 0 bridgehead atoms. The van der Waals surface area contributed by atoms with Crippen molar-refractivity contribution in [1.82, 2.24) is 5.32 Å². The lowest BCUT2D eigenvalue weighted by Gasteiger charge is -2.08. The average Bonchev–Trinajstić information content (AvgIpc) is 1.93. The van der Waals surface area contributed by atoms with E-state index in [1.807, 2.05) is 0 Å². The van der Waals surface area contributed by atoms with Crippen molar-refractivity contribution >= 4 is 17.3 Å². The largest absolute Gasteiger partial charge is 0.317 e. The topological polar surface area (TPSA) is 29.1 Å². The molecule has 1 fully saturated rings. The SMILES string of the molecule is C1CCNCC1.O=CCl. The number of piperidine rings is 1. The first-order valence-electron chi connectivity index (χ1n) is 3.16. The normalized spacial score (nSPS) is 17.4. The summed E-state index contributed by atoms with van der Waals surface area (Å²) in [7, 11) is 0. The molecule has 0 saturated carbocycles. The summed E-state index contributed by atoms with van der Waals surface area (Å²) in [6, 6.07) is 0. The molecule has 3 heteroatoms. The molecule has 0 unspecified atom stereocenters. The van der Waals surface area contributed by atoms with Gasteiger partial charge >= 0.3 is 0 Å². The zero-order valence-corrected chi connectivity index (χ0v) is 6.16. The summed E-state index contributed by atoms with van der Waals surface area (Å²) in [5.74, 6) is 0.222. The van der Waals surface area contributed by atoms with Gasteiger partial charge in [-0.25, -0.2) is 0 Å². The minimum Gasteiger partial charge on any atom is -0.317 e. The summed E-state index contributed by atoms with van der Waals surface area (Å²) in [6.45, 7) is 2.50. The Hall–Kier alpha value is -0.0800. The maximum Gasteiger partial charge on any atom is 0.208 e. The monoisotopic (exact) mass is 149 g/mol. The Morgan fingerprint density at radius 2 is 1.67 bits per heavy atom. The molecule has 1 aliphatic rings. The molecule has 2 nitrogen and oxygen atoms in total. The molecule has 1 saturated heterocycles. The van der Waals surface area contributed by atoms with E-state index < -0.39 is 0 Å². The van der Waals surface area contributed by atoms with E-state index in [2.05, 4.69) is 16.9 Å². The molecule has 0 aliphatic carbocycles. The molecule has 0 atom stereocenters. The van der Waals surface area contributed by atoms with Crippen LogP contribution in [0.1, 0.15) is 19.3 Å². The average molecular weight is 150 g/mol. The number of rotatable bonds is 0. The third kappa shape index (κ3) is 7.92. The Balaban J connectivity index is 0.000000187. The van der Waals surface area contributed by atoms with Gasteiger partial charge in [-0.2, -0.15) is 0 Å². The molecular formula is C6H12ClNO. The van der Waals surface area contributed by atoms with Gasteiger partial charge < -0.3 is 5.32 Å². The van der Waals surface area contributed by atoms with Crippen LogP contribution in [0.4, 0.5) is 0 Å². The van der Waals surface area contributed by atoms with Gasteiger partial charge in [0.1, 0.15) is 0 Å². The van der Waals surface area contributed by atoms with E-state index in [9.17, 15) is 0 Å². The van der Waals surface area contributed by atoms with Crippen LogP contribution in [0.25, 0.3) is 0 Å². The number of hydrogen-bond acceptors (Lipinski definition) is 2. The van der Waals surface area contributed by atoms with Gasteiger partial charge in [0.25, 0.3) is 0 Å². The Bertz CT molecular complexity index is 52.6. The summed E-state index contributed by atoms with van der Waals surface area (Å²) in [5.41, 5.74) is 0. The van der Waals surface area contributed by atoms with Crippen molar-refractivity contribution in [2.75, 3.05) is 13.1 Å². The van der Waals surface area contributed by atoms with Crippen LogP contribution in [-0.4, -0.2) is 18.8 Å². The van der Waals surface area contributed by atoms with Crippen LogP contribution in [-0.2, 0) is 4.79 Å². The van der Waals surface area contributed by atoms with Crippen molar-refractivity contribution in [3.8, 4) is 0 Å². The van der Waals surface area contributed by atoms with Gasteiger partial charge in [0, 0.05) is 0 Å². The second-order valence-corrected chi connectivity index (χ2v) is 2.08. The quantitative estimate of drug-likeness (QED) is 0.414. The Labute approximate surface area is 60.6 Å². The molecule has 54 valence electrons. The molecule has 0 radical (unpaired) electrons. The first-order chi connectivity index (χ1) is 4.41. The van der Waals surface area contributed by atoms with Gasteiger partial charge in [-0.15, -0.1) is 0 Å². The van der Waals surface area contributed by atoms with Crippen LogP contribution in [0.3, 0.4) is 0 Å². The van der Waals surface area contributed by atoms with Gasteiger partial charge in [-0.3, -0.25) is 4.79 Å². The molecule has 0 amide bonds. The zero-order valence-electron chi connectivity index (χ0n) is 5.40. The standard InChI is InChI=1S/C5H11N.CHClO/c1-2-4-6-5-3-1;2-1-3/h6H,1-5H2;1H. The number of nitrogens with one attached hydrogen (secondary N) is 1. The summed E-state index contributed by atoms with van der Waals surface area (Å²) in [4.78, 5) is 8.57. The van der Waals surface area contributed by atoms with E-state index in [0.29, 0.717) is 0 Å². The molecule has 0 aromatic rings. The predicted octanol–water partition coefficient (Wildman–Crippen LogP) is 1.18. The Kier molecular flexibility index (Phi) is 7.85. The van der Waals surface area contributed by atoms with E-state index >= 15 is 0 Å². The van der Waals surface area contributed by atoms with Crippen molar-refractivity contribution in [2.24, 2.45) is 0 Å². The fourth-order valence-electron chi connectivity index (χ4n) is 0.802. The van der Waals surface area contributed by atoms with Crippen molar-refractivity contribution in [1.29, 1.82) is 0 Å². The highest BCUT2D eigenvalue weighted by Gasteiger charge is 1.93. The molecule has 1 heterocycles. The molecule has 1 rings (SSSR count). The van der Waals surface area contributed by atoms with E-state index in [1.54, 1.807) is 0 Å². The van der Waals surface area contributed by atoms with Crippen molar-refractivity contribution < 1.29 is 4.79 Å². The van der Waals surface area contributed by atoms with Crippen molar-refractivity contribution in [2.45, 2.75) is 19.3 Å². The smallest absolute Gasteiger partial charge is 0.208 e. The lowest BCUT2D eigenvalue weighted by atomic mass is 10.2. The molecule has 1 aliphatic heterocycles. The van der Waals surface area contributed by atoms with Gasteiger partial charge in [-0.1, -0.05) is 6.42 Å². The lowest BCUT2D eigenvalue weighted by Crippen LogP contribution is -2.21. The fraction of sp³-hybridized carbons (Fsp3) is 0.833. The molecule has 0 spiro atoms. The van der Waals surface area contributed by atoms with Crippen LogP contribution in [0, 0.1) is 0 Å². The molecule has 1 N–H and O–H groups in total. The Morgan fingerprint density at radius 1 is 1.22 bits per heavy atom. The third-order valence-electron chi connectivity index (χ3n) is 1.21. The first-order valence-corrected chi connectivity index (χ1v) is 3.60. The summed E-state index contributed by atoms with van der Waals surface area (Å²) < 4.78 is 0. The molecule has 0 aromatic carbocycles. The van der Waals surface area contributed by atoms with Crippen LogP contribution in [0.15, 0.2) is 0 Å². The van der Waals surface area contributed by atoms with E-state index in [0.717, 1.165) is 0 Å².